The molecule has 0 radical (unpaired) electrons. The molecule has 216 valence electrons. The second-order valence-electron chi connectivity index (χ2n) is 10.3. The summed E-state index contributed by atoms with van der Waals surface area (Å²) in [6, 6.07) is 5.64. The molecule has 1 saturated heterocycles. The Balaban J connectivity index is 2.48. The van der Waals surface area contributed by atoms with Crippen molar-refractivity contribution in [1.82, 2.24) is 9.80 Å². The van der Waals surface area contributed by atoms with Crippen LogP contribution in [0, 0.1) is 6.92 Å². The molecule has 39 heavy (non-hydrogen) atoms. The van der Waals surface area contributed by atoms with E-state index in [9.17, 15) is 13.5 Å². The van der Waals surface area contributed by atoms with Crippen molar-refractivity contribution in [1.29, 1.82) is 0 Å². The molecule has 2 rings (SSSR count). The van der Waals surface area contributed by atoms with Crippen LogP contribution in [0.2, 0.25) is 0 Å². The summed E-state index contributed by atoms with van der Waals surface area (Å²) >= 11 is 0. The first-order chi connectivity index (χ1) is 18.3. The van der Waals surface area contributed by atoms with Crippen LogP contribution >= 0.6 is 0 Å². The van der Waals surface area contributed by atoms with Gasteiger partial charge in [-0.05, 0) is 84.6 Å². The summed E-state index contributed by atoms with van der Waals surface area (Å²) < 4.78 is 26.7. The molecule has 2 N–H and O–H groups in total. The lowest BCUT2D eigenvalue weighted by atomic mass is 9.94. The van der Waals surface area contributed by atoms with E-state index in [1.54, 1.807) is 20.0 Å². The van der Waals surface area contributed by atoms with Crippen LogP contribution in [0.3, 0.4) is 0 Å². The number of likely N-dealkylation sites (tertiary alicyclic amines) is 1. The Labute approximate surface area is 236 Å². The molecule has 1 aliphatic heterocycles. The minimum Gasteiger partial charge on any atom is -0.392 e. The fourth-order valence-corrected chi connectivity index (χ4v) is 5.42. The number of aryl methyl sites for hydroxylation is 1. The lowest BCUT2D eigenvalue weighted by molar-refractivity contribution is 0.161. The molecule has 0 aromatic heterocycles. The van der Waals surface area contributed by atoms with Crippen LogP contribution in [0.15, 0.2) is 58.2 Å². The second kappa shape index (κ2) is 14.5. The average molecular weight is 558 g/mol. The smallest absolute Gasteiger partial charge is 0.229 e. The van der Waals surface area contributed by atoms with Crippen molar-refractivity contribution < 1.29 is 13.5 Å². The molecule has 0 amide bonds. The lowest BCUT2D eigenvalue weighted by Gasteiger charge is -2.39. The predicted molar refractivity (Wildman–Crippen MR) is 166 cm³/mol. The molecule has 8 nitrogen and oxygen atoms in total. The maximum atomic E-state index is 12.0. The average Bonchev–Trinajstić information content (AvgIpc) is 2.88. The van der Waals surface area contributed by atoms with Crippen LogP contribution in [0.4, 0.5) is 5.69 Å². The number of nitrogens with one attached hydrogen (secondary N) is 1. The van der Waals surface area contributed by atoms with E-state index in [0.717, 1.165) is 78.2 Å². The topological polar surface area (TPSA) is 97.6 Å². The number of allylic oxidation sites excluding steroid dienone is 2. The molecule has 1 aliphatic rings. The van der Waals surface area contributed by atoms with E-state index in [-0.39, 0.29) is 6.04 Å². The first-order valence-electron chi connectivity index (χ1n) is 13.7. The molecule has 9 heteroatoms. The van der Waals surface area contributed by atoms with Gasteiger partial charge < -0.3 is 14.9 Å². The van der Waals surface area contributed by atoms with Gasteiger partial charge in [0.2, 0.25) is 10.0 Å². The Morgan fingerprint density at radius 1 is 1.33 bits per heavy atom. The number of benzene rings is 1. The van der Waals surface area contributed by atoms with Gasteiger partial charge in [-0.2, -0.15) is 0 Å². The van der Waals surface area contributed by atoms with Gasteiger partial charge in [-0.25, -0.2) is 13.4 Å². The summed E-state index contributed by atoms with van der Waals surface area (Å²) in [4.78, 5) is 14.0. The molecule has 1 unspecified atom stereocenters. The molecule has 1 heterocycles. The molecular formula is C30H47N5O3S. The van der Waals surface area contributed by atoms with Crippen molar-refractivity contribution in [3.63, 3.8) is 0 Å². The number of aliphatic hydroxyl groups is 1. The number of aliphatic imine (C=N–C) groups is 2. The van der Waals surface area contributed by atoms with Gasteiger partial charge in [-0.3, -0.25) is 9.71 Å². The number of rotatable bonds is 11. The van der Waals surface area contributed by atoms with E-state index < -0.39 is 16.1 Å². The van der Waals surface area contributed by atoms with Gasteiger partial charge in [0.1, 0.15) is 5.84 Å². The SMILES string of the molecule is C=C(c1cc(C)ccc1NS(C)(=O)=O)N1CCCC[C@H]1C(/C=C(C)/N=C(\C(C)=C/C)N(CC)CC(C)O)=NC. The highest BCUT2D eigenvalue weighted by molar-refractivity contribution is 7.92. The number of sulfonamides is 1. The van der Waals surface area contributed by atoms with Gasteiger partial charge in [-0.15, -0.1) is 0 Å². The zero-order chi connectivity index (χ0) is 29.3. The normalized spacial score (nSPS) is 18.7. The number of aliphatic hydroxyl groups excluding tert-OH is 1. The second-order valence-corrected chi connectivity index (χ2v) is 12.1. The van der Waals surface area contributed by atoms with Crippen LogP contribution in [0.25, 0.3) is 5.70 Å². The Kier molecular flexibility index (Phi) is 12.0. The van der Waals surface area contributed by atoms with Crippen molar-refractivity contribution >= 4 is 33.0 Å². The van der Waals surface area contributed by atoms with E-state index in [2.05, 4.69) is 33.0 Å². The van der Waals surface area contributed by atoms with E-state index in [0.29, 0.717) is 12.2 Å². The Bertz CT molecular complexity index is 1250. The molecule has 0 aliphatic carbocycles. The number of likely N-dealkylation sites (N-methyl/N-ethyl adjacent to an activating group) is 1. The van der Waals surface area contributed by atoms with E-state index in [1.807, 2.05) is 52.0 Å². The van der Waals surface area contributed by atoms with Gasteiger partial charge in [0.05, 0.1) is 29.8 Å². The maximum Gasteiger partial charge on any atom is 0.229 e. The summed E-state index contributed by atoms with van der Waals surface area (Å²) in [6.07, 6.45) is 7.73. The molecular weight excluding hydrogens is 510 g/mol. The van der Waals surface area contributed by atoms with Crippen LogP contribution < -0.4 is 4.72 Å². The summed E-state index contributed by atoms with van der Waals surface area (Å²) in [7, 11) is -1.65. The summed E-state index contributed by atoms with van der Waals surface area (Å²) in [5, 5.41) is 10.0. The van der Waals surface area contributed by atoms with Crippen molar-refractivity contribution in [2.45, 2.75) is 73.0 Å². The van der Waals surface area contributed by atoms with Crippen molar-refractivity contribution in [2.75, 3.05) is 37.7 Å². The maximum absolute atomic E-state index is 12.0. The summed E-state index contributed by atoms with van der Waals surface area (Å²) in [5.74, 6) is 0.839. The van der Waals surface area contributed by atoms with Crippen molar-refractivity contribution in [3.05, 3.63) is 59.3 Å². The molecule has 1 fully saturated rings. The third-order valence-electron chi connectivity index (χ3n) is 6.82. The minimum atomic E-state index is -3.45. The highest BCUT2D eigenvalue weighted by Crippen LogP contribution is 2.33. The summed E-state index contributed by atoms with van der Waals surface area (Å²) in [5.41, 5.74) is 5.85. The van der Waals surface area contributed by atoms with Gasteiger partial charge in [-0.1, -0.05) is 24.3 Å². The fraction of sp³-hybridized carbons (Fsp3) is 0.533. The number of nitrogens with zero attached hydrogens (tertiary/aromatic N) is 4. The Morgan fingerprint density at radius 2 is 2.03 bits per heavy atom. The third-order valence-corrected chi connectivity index (χ3v) is 7.41. The molecule has 1 aromatic carbocycles. The first-order valence-corrected chi connectivity index (χ1v) is 15.5. The van der Waals surface area contributed by atoms with Crippen LogP contribution in [0.5, 0.6) is 0 Å². The molecule has 0 spiro atoms. The monoisotopic (exact) mass is 557 g/mol. The zero-order valence-electron chi connectivity index (χ0n) is 25.0. The molecule has 0 bridgehead atoms. The van der Waals surface area contributed by atoms with E-state index in [1.165, 1.54) is 0 Å². The number of amidine groups is 1. The lowest BCUT2D eigenvalue weighted by Crippen LogP contribution is -2.43. The first kappa shape index (κ1) is 32.3. The largest absolute Gasteiger partial charge is 0.392 e. The van der Waals surface area contributed by atoms with Crippen LogP contribution in [0.1, 0.15) is 65.0 Å². The van der Waals surface area contributed by atoms with E-state index in [4.69, 9.17) is 4.99 Å². The van der Waals surface area contributed by atoms with Gasteiger partial charge in [0, 0.05) is 43.6 Å². The standard InChI is InChI=1S/C30H47N5O3S/c1-10-22(4)30(34(11-2)20-24(6)36)32-23(5)19-28(31-8)29-14-12-13-17-35(29)25(7)26-18-21(3)15-16-27(26)33-39(9,37)38/h10,15-16,18-19,24,29,33,36H,7,11-14,17,20H2,1-6,8-9H3/b22-10-,23-19+,31-28?,32-30+/t24?,29-/m0/s1. The zero-order valence-corrected chi connectivity index (χ0v) is 25.8. The predicted octanol–water partition coefficient (Wildman–Crippen LogP) is 5.23. The third kappa shape index (κ3) is 9.35. The minimum absolute atomic E-state index is 0.0148. The summed E-state index contributed by atoms with van der Waals surface area (Å²) in [6.45, 7) is 18.3. The number of anilines is 1. The fourth-order valence-electron chi connectivity index (χ4n) is 4.85. The molecule has 2 atom stereocenters. The highest BCUT2D eigenvalue weighted by atomic mass is 32.2. The number of hydrogen-bond acceptors (Lipinski definition) is 6. The van der Waals surface area contributed by atoms with Gasteiger partial charge in [0.25, 0.3) is 0 Å². The van der Waals surface area contributed by atoms with Crippen molar-refractivity contribution in [3.8, 4) is 0 Å². The van der Waals surface area contributed by atoms with Crippen molar-refractivity contribution in [2.24, 2.45) is 9.98 Å². The number of piperidine rings is 1. The van der Waals surface area contributed by atoms with Crippen LogP contribution in [-0.2, 0) is 10.0 Å². The Morgan fingerprint density at radius 3 is 2.59 bits per heavy atom. The highest BCUT2D eigenvalue weighted by Gasteiger charge is 2.28. The number of hydrogen-bond donors (Lipinski definition) is 2. The van der Waals surface area contributed by atoms with E-state index >= 15 is 0 Å². The Hall–Kier alpha value is -2.91. The molecule has 1 aromatic rings. The van der Waals surface area contributed by atoms with Gasteiger partial charge in [0.15, 0.2) is 0 Å². The van der Waals surface area contributed by atoms with Gasteiger partial charge >= 0.3 is 0 Å². The van der Waals surface area contributed by atoms with Crippen LogP contribution in [-0.4, -0.2) is 80.0 Å². The quantitative estimate of drug-likeness (QED) is 0.287. The molecule has 0 saturated carbocycles.